The Morgan fingerprint density at radius 1 is 1.17 bits per heavy atom. The lowest BCUT2D eigenvalue weighted by Gasteiger charge is -2.09. The highest BCUT2D eigenvalue weighted by Crippen LogP contribution is 2.11. The molecule has 3 nitrogen and oxygen atoms in total. The summed E-state index contributed by atoms with van der Waals surface area (Å²) in [6, 6.07) is 8.54. The van der Waals surface area contributed by atoms with Crippen molar-refractivity contribution in [3.05, 3.63) is 47.5 Å². The van der Waals surface area contributed by atoms with E-state index in [1.807, 2.05) is 6.33 Å². The van der Waals surface area contributed by atoms with Gasteiger partial charge in [0, 0.05) is 13.0 Å². The van der Waals surface area contributed by atoms with Gasteiger partial charge in [0.1, 0.15) is 12.2 Å². The number of aryl methyl sites for hydroxylation is 3. The summed E-state index contributed by atoms with van der Waals surface area (Å²) in [7, 11) is 0. The van der Waals surface area contributed by atoms with Crippen molar-refractivity contribution in [2.45, 2.75) is 40.2 Å². The van der Waals surface area contributed by atoms with Crippen LogP contribution in [0.4, 0.5) is 0 Å². The molecule has 0 unspecified atom stereocenters. The molecule has 0 amide bonds. The topological polar surface area (TPSA) is 30.7 Å². The van der Waals surface area contributed by atoms with Crippen molar-refractivity contribution >= 4 is 0 Å². The fourth-order valence-corrected chi connectivity index (χ4v) is 2.16. The maximum Gasteiger partial charge on any atom is 0.133 e. The van der Waals surface area contributed by atoms with Crippen molar-refractivity contribution < 1.29 is 0 Å². The van der Waals surface area contributed by atoms with E-state index in [1.54, 1.807) is 0 Å². The van der Waals surface area contributed by atoms with Crippen LogP contribution in [0, 0.1) is 12.8 Å². The van der Waals surface area contributed by atoms with Gasteiger partial charge in [-0.15, -0.1) is 10.2 Å². The smallest absolute Gasteiger partial charge is 0.133 e. The summed E-state index contributed by atoms with van der Waals surface area (Å²) in [6.45, 7) is 7.58. The minimum absolute atomic E-state index is 0.623. The van der Waals surface area contributed by atoms with Crippen LogP contribution in [0.2, 0.25) is 0 Å². The number of hydrogen-bond donors (Lipinski definition) is 0. The van der Waals surface area contributed by atoms with Crippen LogP contribution in [0.15, 0.2) is 30.6 Å². The van der Waals surface area contributed by atoms with Gasteiger partial charge in [-0.2, -0.15) is 0 Å². The van der Waals surface area contributed by atoms with Gasteiger partial charge in [-0.25, -0.2) is 0 Å². The van der Waals surface area contributed by atoms with Crippen molar-refractivity contribution in [1.82, 2.24) is 14.8 Å². The van der Waals surface area contributed by atoms with Crippen LogP contribution in [0.3, 0.4) is 0 Å². The number of nitrogens with zero attached hydrogens (tertiary/aromatic N) is 3. The summed E-state index contributed by atoms with van der Waals surface area (Å²) in [6.07, 6.45) is 3.83. The van der Waals surface area contributed by atoms with E-state index < -0.39 is 0 Å². The monoisotopic (exact) mass is 243 g/mol. The van der Waals surface area contributed by atoms with Gasteiger partial charge < -0.3 is 4.57 Å². The summed E-state index contributed by atoms with van der Waals surface area (Å²) >= 11 is 0. The van der Waals surface area contributed by atoms with Gasteiger partial charge in [0.2, 0.25) is 0 Å². The van der Waals surface area contributed by atoms with E-state index in [-0.39, 0.29) is 0 Å². The van der Waals surface area contributed by atoms with Gasteiger partial charge in [0.25, 0.3) is 0 Å². The number of hydrogen-bond acceptors (Lipinski definition) is 2. The highest BCUT2D eigenvalue weighted by Gasteiger charge is 2.07. The minimum Gasteiger partial charge on any atom is -0.317 e. The molecule has 3 heteroatoms. The number of rotatable bonds is 5. The Labute approximate surface area is 109 Å². The molecule has 0 radical (unpaired) electrons. The lowest BCUT2D eigenvalue weighted by Crippen LogP contribution is -2.09. The maximum atomic E-state index is 4.23. The standard InChI is InChI=1S/C15H21N3/c1-12(2)10-18-11-16-17-15(18)9-8-14-7-5-4-6-13(14)3/h4-7,11-12H,8-10H2,1-3H3. The third kappa shape index (κ3) is 3.19. The first kappa shape index (κ1) is 12.8. The minimum atomic E-state index is 0.623. The van der Waals surface area contributed by atoms with Crippen LogP contribution in [-0.2, 0) is 19.4 Å². The lowest BCUT2D eigenvalue weighted by atomic mass is 10.0. The molecule has 0 aliphatic heterocycles. The average Bonchev–Trinajstić information content (AvgIpc) is 2.75. The van der Waals surface area contributed by atoms with E-state index in [9.17, 15) is 0 Å². The highest BCUT2D eigenvalue weighted by molar-refractivity contribution is 5.25. The van der Waals surface area contributed by atoms with Gasteiger partial charge in [-0.1, -0.05) is 38.1 Å². The second-order valence-corrected chi connectivity index (χ2v) is 5.22. The van der Waals surface area contributed by atoms with Gasteiger partial charge >= 0.3 is 0 Å². The lowest BCUT2D eigenvalue weighted by molar-refractivity contribution is 0.505. The zero-order valence-corrected chi connectivity index (χ0v) is 11.4. The Kier molecular flexibility index (Phi) is 4.13. The van der Waals surface area contributed by atoms with Crippen molar-refractivity contribution in [3.63, 3.8) is 0 Å². The van der Waals surface area contributed by atoms with Crippen LogP contribution in [-0.4, -0.2) is 14.8 Å². The molecule has 2 aromatic rings. The second kappa shape index (κ2) is 5.80. The van der Waals surface area contributed by atoms with Gasteiger partial charge in [0.05, 0.1) is 0 Å². The average molecular weight is 243 g/mol. The predicted molar refractivity (Wildman–Crippen MR) is 73.4 cm³/mol. The molecule has 1 heterocycles. The van der Waals surface area contributed by atoms with Crippen molar-refractivity contribution in [2.24, 2.45) is 5.92 Å². The van der Waals surface area contributed by atoms with Crippen molar-refractivity contribution in [1.29, 1.82) is 0 Å². The molecular weight excluding hydrogens is 222 g/mol. The molecule has 0 atom stereocenters. The molecule has 0 fully saturated rings. The third-order valence-corrected chi connectivity index (χ3v) is 3.14. The Balaban J connectivity index is 2.02. The van der Waals surface area contributed by atoms with Gasteiger partial charge in [-0.3, -0.25) is 0 Å². The summed E-state index contributed by atoms with van der Waals surface area (Å²) in [5.74, 6) is 1.71. The van der Waals surface area contributed by atoms with E-state index in [4.69, 9.17) is 0 Å². The molecule has 0 saturated carbocycles. The Morgan fingerprint density at radius 3 is 2.67 bits per heavy atom. The van der Waals surface area contributed by atoms with Crippen LogP contribution < -0.4 is 0 Å². The Bertz CT molecular complexity index is 500. The molecule has 0 N–H and O–H groups in total. The summed E-state index contributed by atoms with van der Waals surface area (Å²) < 4.78 is 2.17. The Hall–Kier alpha value is -1.64. The molecule has 1 aromatic heterocycles. The first-order chi connectivity index (χ1) is 8.66. The van der Waals surface area contributed by atoms with E-state index in [0.717, 1.165) is 25.2 Å². The zero-order valence-electron chi connectivity index (χ0n) is 11.4. The molecule has 18 heavy (non-hydrogen) atoms. The summed E-state index contributed by atoms with van der Waals surface area (Å²) in [4.78, 5) is 0. The van der Waals surface area contributed by atoms with Crippen LogP contribution in [0.25, 0.3) is 0 Å². The predicted octanol–water partition coefficient (Wildman–Crippen LogP) is 3.03. The molecule has 0 aliphatic carbocycles. The first-order valence-electron chi connectivity index (χ1n) is 6.58. The summed E-state index contributed by atoms with van der Waals surface area (Å²) in [5.41, 5.74) is 2.75. The van der Waals surface area contributed by atoms with Crippen LogP contribution in [0.1, 0.15) is 30.8 Å². The van der Waals surface area contributed by atoms with E-state index in [2.05, 4.69) is 59.8 Å². The normalized spacial score (nSPS) is 11.1. The maximum absolute atomic E-state index is 4.23. The number of aromatic nitrogens is 3. The number of benzene rings is 1. The van der Waals surface area contributed by atoms with Crippen LogP contribution in [0.5, 0.6) is 0 Å². The van der Waals surface area contributed by atoms with E-state index in [1.165, 1.54) is 11.1 Å². The largest absolute Gasteiger partial charge is 0.317 e. The van der Waals surface area contributed by atoms with Crippen molar-refractivity contribution in [3.8, 4) is 0 Å². The SMILES string of the molecule is Cc1ccccc1CCc1nncn1CC(C)C. The van der Waals surface area contributed by atoms with E-state index >= 15 is 0 Å². The van der Waals surface area contributed by atoms with Crippen molar-refractivity contribution in [2.75, 3.05) is 0 Å². The summed E-state index contributed by atoms with van der Waals surface area (Å²) in [5, 5.41) is 8.25. The molecule has 2 rings (SSSR count). The second-order valence-electron chi connectivity index (χ2n) is 5.22. The molecule has 0 bridgehead atoms. The highest BCUT2D eigenvalue weighted by atomic mass is 15.3. The fourth-order valence-electron chi connectivity index (χ4n) is 2.16. The quantitative estimate of drug-likeness (QED) is 0.808. The molecule has 0 saturated heterocycles. The zero-order chi connectivity index (χ0) is 13.0. The third-order valence-electron chi connectivity index (χ3n) is 3.14. The molecule has 0 spiro atoms. The van der Waals surface area contributed by atoms with Gasteiger partial charge in [-0.05, 0) is 30.4 Å². The molecular formula is C15H21N3. The Morgan fingerprint density at radius 2 is 1.94 bits per heavy atom. The van der Waals surface area contributed by atoms with Gasteiger partial charge in [0.15, 0.2) is 0 Å². The van der Waals surface area contributed by atoms with Crippen LogP contribution >= 0.6 is 0 Å². The molecule has 0 aliphatic rings. The first-order valence-corrected chi connectivity index (χ1v) is 6.58. The molecule has 1 aromatic carbocycles. The fraction of sp³-hybridized carbons (Fsp3) is 0.467. The van der Waals surface area contributed by atoms with E-state index in [0.29, 0.717) is 5.92 Å². The molecule has 96 valence electrons.